The summed E-state index contributed by atoms with van der Waals surface area (Å²) in [5, 5.41) is 3.37. The van der Waals surface area contributed by atoms with Gasteiger partial charge >= 0.3 is 0 Å². The lowest BCUT2D eigenvalue weighted by Crippen LogP contribution is -2.27. The summed E-state index contributed by atoms with van der Waals surface area (Å²) in [4.78, 5) is 4.51. The van der Waals surface area contributed by atoms with Gasteiger partial charge in [0.15, 0.2) is 0 Å². The molecule has 0 radical (unpaired) electrons. The van der Waals surface area contributed by atoms with Gasteiger partial charge in [-0.3, -0.25) is 4.98 Å². The molecule has 0 aliphatic carbocycles. The summed E-state index contributed by atoms with van der Waals surface area (Å²) in [5.41, 5.74) is 3.04. The summed E-state index contributed by atoms with van der Waals surface area (Å²) in [6.45, 7) is 2.12. The first-order valence-electron chi connectivity index (χ1n) is 7.22. The first kappa shape index (κ1) is 13.3. The number of piperidine rings is 1. The molecule has 2 aromatic rings. The molecule has 104 valence electrons. The minimum atomic E-state index is -0.132. The fraction of sp³-hybridized carbons (Fsp3) is 0.353. The molecule has 1 aromatic heterocycles. The molecule has 1 aromatic carbocycles. The van der Waals surface area contributed by atoms with E-state index in [0.29, 0.717) is 12.3 Å². The Bertz CT molecular complexity index is 577. The minimum absolute atomic E-state index is 0.132. The summed E-state index contributed by atoms with van der Waals surface area (Å²) >= 11 is 0. The summed E-state index contributed by atoms with van der Waals surface area (Å²) in [6, 6.07) is 11.1. The number of aromatic nitrogens is 1. The Hall–Kier alpha value is -1.74. The van der Waals surface area contributed by atoms with Gasteiger partial charge in [-0.15, -0.1) is 0 Å². The maximum absolute atomic E-state index is 13.7. The van der Waals surface area contributed by atoms with Crippen molar-refractivity contribution in [2.24, 2.45) is 0 Å². The lowest BCUT2D eigenvalue weighted by atomic mass is 9.92. The van der Waals surface area contributed by atoms with Gasteiger partial charge in [0.2, 0.25) is 0 Å². The molecule has 0 atom stereocenters. The first-order chi connectivity index (χ1) is 9.83. The van der Waals surface area contributed by atoms with E-state index in [1.807, 2.05) is 24.4 Å². The van der Waals surface area contributed by atoms with Gasteiger partial charge < -0.3 is 5.32 Å². The average Bonchev–Trinajstić information content (AvgIpc) is 2.51. The Morgan fingerprint density at radius 3 is 2.75 bits per heavy atom. The van der Waals surface area contributed by atoms with Crippen LogP contribution in [0.3, 0.4) is 0 Å². The molecule has 3 heteroatoms. The molecule has 1 saturated heterocycles. The number of nitrogens with zero attached hydrogens (tertiary/aromatic N) is 1. The molecule has 20 heavy (non-hydrogen) atoms. The highest BCUT2D eigenvalue weighted by molar-refractivity contribution is 5.28. The highest BCUT2D eigenvalue weighted by Gasteiger charge is 2.16. The quantitative estimate of drug-likeness (QED) is 0.926. The zero-order valence-electron chi connectivity index (χ0n) is 11.5. The third-order valence-electron chi connectivity index (χ3n) is 3.96. The van der Waals surface area contributed by atoms with E-state index >= 15 is 0 Å². The second-order valence-electron chi connectivity index (χ2n) is 5.38. The van der Waals surface area contributed by atoms with E-state index in [-0.39, 0.29) is 5.82 Å². The molecule has 1 aliphatic heterocycles. The van der Waals surface area contributed by atoms with Crippen molar-refractivity contribution in [2.75, 3.05) is 13.1 Å². The standard InChI is InChI=1S/C17H19FN2/c18-16-4-2-1-3-15(16)11-13-5-10-20-17(12-13)14-6-8-19-9-7-14/h1-5,10,12,14,19H,6-9,11H2. The predicted molar refractivity (Wildman–Crippen MR) is 78.3 cm³/mol. The van der Waals surface area contributed by atoms with Crippen LogP contribution in [-0.2, 0) is 6.42 Å². The van der Waals surface area contributed by atoms with Crippen LogP contribution in [-0.4, -0.2) is 18.1 Å². The lowest BCUT2D eigenvalue weighted by molar-refractivity contribution is 0.453. The second kappa shape index (κ2) is 6.14. The molecule has 1 fully saturated rings. The Morgan fingerprint density at radius 2 is 1.95 bits per heavy atom. The normalized spacial score (nSPS) is 16.2. The minimum Gasteiger partial charge on any atom is -0.317 e. The largest absolute Gasteiger partial charge is 0.317 e. The van der Waals surface area contributed by atoms with Crippen molar-refractivity contribution in [3.05, 3.63) is 65.2 Å². The van der Waals surface area contributed by atoms with Gasteiger partial charge in [-0.2, -0.15) is 0 Å². The zero-order valence-corrected chi connectivity index (χ0v) is 11.5. The molecule has 1 N–H and O–H groups in total. The van der Waals surface area contributed by atoms with Crippen LogP contribution in [0, 0.1) is 5.82 Å². The van der Waals surface area contributed by atoms with Gasteiger partial charge in [-0.05, 0) is 55.3 Å². The Labute approximate surface area is 119 Å². The van der Waals surface area contributed by atoms with E-state index in [9.17, 15) is 4.39 Å². The van der Waals surface area contributed by atoms with Gasteiger partial charge in [-0.25, -0.2) is 4.39 Å². The number of halogens is 1. The van der Waals surface area contributed by atoms with Crippen LogP contribution in [0.25, 0.3) is 0 Å². The van der Waals surface area contributed by atoms with Crippen LogP contribution in [0.2, 0.25) is 0 Å². The fourth-order valence-corrected chi connectivity index (χ4v) is 2.81. The fourth-order valence-electron chi connectivity index (χ4n) is 2.81. The third kappa shape index (κ3) is 3.05. The highest BCUT2D eigenvalue weighted by atomic mass is 19.1. The lowest BCUT2D eigenvalue weighted by Gasteiger charge is -2.22. The molecule has 0 amide bonds. The topological polar surface area (TPSA) is 24.9 Å². The molecular formula is C17H19FN2. The van der Waals surface area contributed by atoms with Gasteiger partial charge in [0.05, 0.1) is 0 Å². The zero-order chi connectivity index (χ0) is 13.8. The number of benzene rings is 1. The van der Waals surface area contributed by atoms with E-state index in [2.05, 4.69) is 16.4 Å². The van der Waals surface area contributed by atoms with Crippen LogP contribution < -0.4 is 5.32 Å². The summed E-state index contributed by atoms with van der Waals surface area (Å²) in [6.07, 6.45) is 4.76. The van der Waals surface area contributed by atoms with Gasteiger partial charge in [0.25, 0.3) is 0 Å². The van der Waals surface area contributed by atoms with Crippen molar-refractivity contribution < 1.29 is 4.39 Å². The molecule has 0 bridgehead atoms. The van der Waals surface area contributed by atoms with Crippen molar-refractivity contribution in [1.82, 2.24) is 10.3 Å². The van der Waals surface area contributed by atoms with E-state index in [0.717, 1.165) is 42.8 Å². The Balaban J connectivity index is 1.79. The molecule has 0 spiro atoms. The van der Waals surface area contributed by atoms with E-state index in [4.69, 9.17) is 0 Å². The van der Waals surface area contributed by atoms with Gasteiger partial charge in [0.1, 0.15) is 5.82 Å². The van der Waals surface area contributed by atoms with Crippen LogP contribution >= 0.6 is 0 Å². The van der Waals surface area contributed by atoms with Crippen molar-refractivity contribution in [3.8, 4) is 0 Å². The third-order valence-corrected chi connectivity index (χ3v) is 3.96. The summed E-state index contributed by atoms with van der Waals surface area (Å²) < 4.78 is 13.7. The molecule has 2 heterocycles. The maximum Gasteiger partial charge on any atom is 0.126 e. The van der Waals surface area contributed by atoms with Crippen LogP contribution in [0.1, 0.15) is 35.6 Å². The van der Waals surface area contributed by atoms with Crippen LogP contribution in [0.4, 0.5) is 4.39 Å². The van der Waals surface area contributed by atoms with Crippen LogP contribution in [0.5, 0.6) is 0 Å². The van der Waals surface area contributed by atoms with E-state index < -0.39 is 0 Å². The van der Waals surface area contributed by atoms with Crippen molar-refractivity contribution in [3.63, 3.8) is 0 Å². The van der Waals surface area contributed by atoms with Crippen LogP contribution in [0.15, 0.2) is 42.6 Å². The smallest absolute Gasteiger partial charge is 0.126 e. The van der Waals surface area contributed by atoms with E-state index in [1.165, 1.54) is 6.07 Å². The number of hydrogen-bond acceptors (Lipinski definition) is 2. The average molecular weight is 270 g/mol. The van der Waals surface area contributed by atoms with Crippen molar-refractivity contribution >= 4 is 0 Å². The molecule has 1 aliphatic rings. The number of hydrogen-bond donors (Lipinski definition) is 1. The molecule has 3 rings (SSSR count). The highest BCUT2D eigenvalue weighted by Crippen LogP contribution is 2.24. The van der Waals surface area contributed by atoms with Crippen molar-refractivity contribution in [2.45, 2.75) is 25.2 Å². The Morgan fingerprint density at radius 1 is 1.15 bits per heavy atom. The number of rotatable bonds is 3. The Kier molecular flexibility index (Phi) is 4.07. The monoisotopic (exact) mass is 270 g/mol. The van der Waals surface area contributed by atoms with E-state index in [1.54, 1.807) is 6.07 Å². The number of pyridine rings is 1. The number of nitrogens with one attached hydrogen (secondary N) is 1. The first-order valence-corrected chi connectivity index (χ1v) is 7.22. The molecule has 0 saturated carbocycles. The maximum atomic E-state index is 13.7. The van der Waals surface area contributed by atoms with Crippen molar-refractivity contribution in [1.29, 1.82) is 0 Å². The summed E-state index contributed by atoms with van der Waals surface area (Å²) in [5.74, 6) is 0.407. The predicted octanol–water partition coefficient (Wildman–Crippen LogP) is 3.28. The van der Waals surface area contributed by atoms with Gasteiger partial charge in [-0.1, -0.05) is 18.2 Å². The van der Waals surface area contributed by atoms with Gasteiger partial charge in [0, 0.05) is 24.2 Å². The molecule has 2 nitrogen and oxygen atoms in total. The second-order valence-corrected chi connectivity index (χ2v) is 5.38. The molecular weight excluding hydrogens is 251 g/mol. The molecule has 0 unspecified atom stereocenters. The summed E-state index contributed by atoms with van der Waals surface area (Å²) in [7, 11) is 0. The SMILES string of the molecule is Fc1ccccc1Cc1ccnc(C2CCNCC2)c1.